The summed E-state index contributed by atoms with van der Waals surface area (Å²) in [5, 5.41) is 8.21. The molecule has 0 atom stereocenters. The van der Waals surface area contributed by atoms with Crippen LogP contribution in [0, 0.1) is 0 Å². The number of methoxy groups -OCH3 is 1. The SMILES string of the molecule is COc1cc(C=C2SC(=O)N(CC(=O)N3CCOCC3)C2=O)ccc1OCC(=O)O. The van der Waals surface area contributed by atoms with E-state index < -0.39 is 23.7 Å². The van der Waals surface area contributed by atoms with Gasteiger partial charge in [0, 0.05) is 13.1 Å². The van der Waals surface area contributed by atoms with Gasteiger partial charge in [-0.3, -0.25) is 19.3 Å². The molecule has 3 amide bonds. The van der Waals surface area contributed by atoms with Crippen molar-refractivity contribution in [1.29, 1.82) is 0 Å². The van der Waals surface area contributed by atoms with E-state index in [9.17, 15) is 19.2 Å². The average molecular weight is 436 g/mol. The summed E-state index contributed by atoms with van der Waals surface area (Å²) in [5.41, 5.74) is 0.555. The highest BCUT2D eigenvalue weighted by atomic mass is 32.2. The number of hydrogen-bond donors (Lipinski definition) is 1. The Labute approximate surface area is 176 Å². The first-order valence-electron chi connectivity index (χ1n) is 9.02. The Morgan fingerprint density at radius 3 is 2.63 bits per heavy atom. The molecular weight excluding hydrogens is 416 g/mol. The van der Waals surface area contributed by atoms with Gasteiger partial charge < -0.3 is 24.2 Å². The van der Waals surface area contributed by atoms with E-state index in [1.54, 1.807) is 17.0 Å². The first kappa shape index (κ1) is 21.7. The topological polar surface area (TPSA) is 123 Å². The molecule has 10 nitrogen and oxygen atoms in total. The molecule has 1 N–H and O–H groups in total. The number of benzene rings is 1. The Bertz CT molecular complexity index is 895. The molecule has 1 aromatic rings. The van der Waals surface area contributed by atoms with E-state index in [0.717, 1.165) is 16.7 Å². The normalized spacial score (nSPS) is 18.1. The van der Waals surface area contributed by atoms with Gasteiger partial charge in [0.25, 0.3) is 11.1 Å². The second kappa shape index (κ2) is 9.63. The number of morpholine rings is 1. The summed E-state index contributed by atoms with van der Waals surface area (Å²) < 4.78 is 15.5. The maximum absolute atomic E-state index is 12.6. The summed E-state index contributed by atoms with van der Waals surface area (Å²) >= 11 is 0.750. The van der Waals surface area contributed by atoms with Crippen LogP contribution in [-0.2, 0) is 19.1 Å². The number of aliphatic carboxylic acids is 1. The number of carboxylic acid groups (broad SMARTS) is 1. The Kier molecular flexibility index (Phi) is 6.95. The summed E-state index contributed by atoms with van der Waals surface area (Å²) in [4.78, 5) is 50.6. The van der Waals surface area contributed by atoms with Gasteiger partial charge in [-0.1, -0.05) is 6.07 Å². The van der Waals surface area contributed by atoms with Crippen LogP contribution in [0.3, 0.4) is 0 Å². The third kappa shape index (κ3) is 5.10. The molecule has 0 spiro atoms. The van der Waals surface area contributed by atoms with Crippen molar-refractivity contribution in [2.45, 2.75) is 0 Å². The van der Waals surface area contributed by atoms with Crippen molar-refractivity contribution >= 4 is 40.9 Å². The van der Waals surface area contributed by atoms with Crippen LogP contribution in [0.25, 0.3) is 6.08 Å². The molecule has 3 rings (SSSR count). The zero-order chi connectivity index (χ0) is 21.7. The highest BCUT2D eigenvalue weighted by Gasteiger charge is 2.37. The molecule has 2 saturated heterocycles. The van der Waals surface area contributed by atoms with E-state index >= 15 is 0 Å². The van der Waals surface area contributed by atoms with Gasteiger partial charge in [-0.15, -0.1) is 0 Å². The molecule has 2 fully saturated rings. The van der Waals surface area contributed by atoms with Gasteiger partial charge in [0.05, 0.1) is 25.2 Å². The van der Waals surface area contributed by atoms with E-state index in [-0.39, 0.29) is 28.9 Å². The number of amides is 3. The minimum atomic E-state index is -1.12. The van der Waals surface area contributed by atoms with E-state index in [1.165, 1.54) is 19.3 Å². The number of carboxylic acids is 1. The maximum Gasteiger partial charge on any atom is 0.341 e. The molecule has 0 aliphatic carbocycles. The van der Waals surface area contributed by atoms with Gasteiger partial charge in [0.1, 0.15) is 6.54 Å². The molecule has 2 aliphatic rings. The molecule has 2 aliphatic heterocycles. The van der Waals surface area contributed by atoms with E-state index in [4.69, 9.17) is 19.3 Å². The van der Waals surface area contributed by atoms with Gasteiger partial charge >= 0.3 is 5.97 Å². The van der Waals surface area contributed by atoms with Crippen LogP contribution in [0.2, 0.25) is 0 Å². The van der Waals surface area contributed by atoms with Crippen LogP contribution < -0.4 is 9.47 Å². The standard InChI is InChI=1S/C19H20N2O8S/c1-27-14-8-12(2-3-13(14)29-11-17(23)24)9-15-18(25)21(19(26)30-15)10-16(22)20-4-6-28-7-5-20/h2-3,8-9H,4-7,10-11H2,1H3,(H,23,24). The number of carbonyl (C=O) groups is 4. The minimum Gasteiger partial charge on any atom is -0.493 e. The zero-order valence-electron chi connectivity index (χ0n) is 16.2. The van der Waals surface area contributed by atoms with Crippen molar-refractivity contribution in [2.24, 2.45) is 0 Å². The maximum atomic E-state index is 12.6. The average Bonchev–Trinajstić information content (AvgIpc) is 3.00. The summed E-state index contributed by atoms with van der Waals surface area (Å²) in [6.45, 7) is 0.893. The van der Waals surface area contributed by atoms with Crippen molar-refractivity contribution in [1.82, 2.24) is 9.80 Å². The molecule has 1 aromatic carbocycles. The fourth-order valence-corrected chi connectivity index (χ4v) is 3.71. The first-order chi connectivity index (χ1) is 14.4. The predicted molar refractivity (Wildman–Crippen MR) is 106 cm³/mol. The molecule has 0 aromatic heterocycles. The number of thioether (sulfide) groups is 1. The third-order valence-corrected chi connectivity index (χ3v) is 5.27. The zero-order valence-corrected chi connectivity index (χ0v) is 17.0. The monoisotopic (exact) mass is 436 g/mol. The molecular formula is C19H20N2O8S. The minimum absolute atomic E-state index is 0.177. The van der Waals surface area contributed by atoms with Crippen molar-refractivity contribution in [3.05, 3.63) is 28.7 Å². The lowest BCUT2D eigenvalue weighted by Crippen LogP contribution is -2.46. The fraction of sp³-hybridized carbons (Fsp3) is 0.368. The summed E-state index contributed by atoms with van der Waals surface area (Å²) in [6.07, 6.45) is 1.51. The highest BCUT2D eigenvalue weighted by molar-refractivity contribution is 8.18. The second-order valence-corrected chi connectivity index (χ2v) is 7.35. The quantitative estimate of drug-likeness (QED) is 0.625. The Morgan fingerprint density at radius 2 is 1.97 bits per heavy atom. The van der Waals surface area contributed by atoms with Crippen LogP contribution in [-0.4, -0.2) is 84.5 Å². The highest BCUT2D eigenvalue weighted by Crippen LogP contribution is 2.34. The predicted octanol–water partition coefficient (Wildman–Crippen LogP) is 1.05. The Hall–Kier alpha value is -3.05. The molecule has 0 radical (unpaired) electrons. The van der Waals surface area contributed by atoms with E-state index in [2.05, 4.69) is 0 Å². The smallest absolute Gasteiger partial charge is 0.341 e. The summed E-state index contributed by atoms with van der Waals surface area (Å²) in [5.74, 6) is -1.45. The Balaban J connectivity index is 1.71. The number of nitrogens with zero attached hydrogens (tertiary/aromatic N) is 2. The number of ether oxygens (including phenoxy) is 3. The molecule has 0 saturated carbocycles. The van der Waals surface area contributed by atoms with Crippen LogP contribution in [0.1, 0.15) is 5.56 Å². The number of hydrogen-bond acceptors (Lipinski definition) is 8. The van der Waals surface area contributed by atoms with E-state index in [1.807, 2.05) is 0 Å². The number of imide groups is 1. The van der Waals surface area contributed by atoms with Crippen molar-refractivity contribution in [2.75, 3.05) is 46.6 Å². The Morgan fingerprint density at radius 1 is 1.23 bits per heavy atom. The largest absolute Gasteiger partial charge is 0.493 e. The number of rotatable bonds is 7. The fourth-order valence-electron chi connectivity index (χ4n) is 2.87. The molecule has 0 unspecified atom stereocenters. The van der Waals surface area contributed by atoms with Crippen LogP contribution in [0.15, 0.2) is 23.1 Å². The van der Waals surface area contributed by atoms with Crippen molar-refractivity contribution < 1.29 is 38.5 Å². The lowest BCUT2D eigenvalue weighted by atomic mass is 10.2. The molecule has 0 bridgehead atoms. The van der Waals surface area contributed by atoms with Crippen LogP contribution in [0.4, 0.5) is 4.79 Å². The number of carbonyl (C=O) groups excluding carboxylic acids is 3. The van der Waals surface area contributed by atoms with Crippen molar-refractivity contribution in [3.63, 3.8) is 0 Å². The van der Waals surface area contributed by atoms with E-state index in [0.29, 0.717) is 31.9 Å². The molecule has 11 heteroatoms. The molecule has 2 heterocycles. The van der Waals surface area contributed by atoms with Gasteiger partial charge in [-0.05, 0) is 35.5 Å². The van der Waals surface area contributed by atoms with Gasteiger partial charge in [-0.2, -0.15) is 0 Å². The summed E-state index contributed by atoms with van der Waals surface area (Å²) in [7, 11) is 1.40. The van der Waals surface area contributed by atoms with Crippen molar-refractivity contribution in [3.8, 4) is 11.5 Å². The van der Waals surface area contributed by atoms with Gasteiger partial charge in [0.2, 0.25) is 5.91 Å². The van der Waals surface area contributed by atoms with Crippen LogP contribution >= 0.6 is 11.8 Å². The second-order valence-electron chi connectivity index (χ2n) is 6.35. The third-order valence-electron chi connectivity index (χ3n) is 4.37. The summed E-state index contributed by atoms with van der Waals surface area (Å²) in [6, 6.07) is 4.68. The molecule has 160 valence electrons. The van der Waals surface area contributed by atoms with Gasteiger partial charge in [-0.25, -0.2) is 4.79 Å². The molecule has 30 heavy (non-hydrogen) atoms. The van der Waals surface area contributed by atoms with Gasteiger partial charge in [0.15, 0.2) is 18.1 Å². The first-order valence-corrected chi connectivity index (χ1v) is 9.84. The lowest BCUT2D eigenvalue weighted by molar-refractivity contribution is -0.139. The van der Waals surface area contributed by atoms with Crippen LogP contribution in [0.5, 0.6) is 11.5 Å². The lowest BCUT2D eigenvalue weighted by Gasteiger charge is -2.28.